The number of thioether (sulfide) groups is 1. The third-order valence-electron chi connectivity index (χ3n) is 1.96. The Bertz CT molecular complexity index is 273. The highest BCUT2D eigenvalue weighted by Gasteiger charge is 2.14. The van der Waals surface area contributed by atoms with Gasteiger partial charge in [-0.1, -0.05) is 13.8 Å². The quantitative estimate of drug-likeness (QED) is 0.828. The average molecular weight is 294 g/mol. The summed E-state index contributed by atoms with van der Waals surface area (Å²) < 4.78 is 2.61. The Labute approximate surface area is 103 Å². The highest BCUT2D eigenvalue weighted by Crippen LogP contribution is 2.35. The van der Waals surface area contributed by atoms with Crippen molar-refractivity contribution in [1.29, 1.82) is 0 Å². The molecule has 1 atom stereocenters. The minimum Gasteiger partial charge on any atom is -0.319 e. The van der Waals surface area contributed by atoms with Crippen LogP contribution in [0.1, 0.15) is 13.8 Å². The molecule has 0 amide bonds. The first kappa shape index (κ1) is 12.6. The van der Waals surface area contributed by atoms with Gasteiger partial charge in [-0.3, -0.25) is 0 Å². The zero-order valence-electron chi connectivity index (χ0n) is 8.71. The van der Waals surface area contributed by atoms with Crippen molar-refractivity contribution in [2.45, 2.75) is 23.3 Å². The molecular weight excluding hydrogens is 278 g/mol. The van der Waals surface area contributed by atoms with Crippen LogP contribution in [0.5, 0.6) is 0 Å². The van der Waals surface area contributed by atoms with E-state index in [1.807, 2.05) is 30.1 Å². The Morgan fingerprint density at radius 2 is 2.21 bits per heavy atom. The van der Waals surface area contributed by atoms with Crippen LogP contribution in [0.15, 0.2) is 20.1 Å². The smallest absolute Gasteiger partial charge is 0.0710 e. The topological polar surface area (TPSA) is 12.0 Å². The van der Waals surface area contributed by atoms with Crippen LogP contribution in [0.2, 0.25) is 0 Å². The van der Waals surface area contributed by atoms with E-state index >= 15 is 0 Å². The summed E-state index contributed by atoms with van der Waals surface area (Å²) in [6, 6.07) is 4.30. The first-order valence-electron chi connectivity index (χ1n) is 4.70. The number of hydrogen-bond donors (Lipinski definition) is 1. The standard InChI is InChI=1S/C10H16BrNS2/c1-7(2)8(6-12-3)13-10-5-4-9(11)14-10/h4-5,7-8,12H,6H2,1-3H3. The van der Waals surface area contributed by atoms with Crippen LogP contribution in [-0.4, -0.2) is 18.8 Å². The number of nitrogens with one attached hydrogen (secondary N) is 1. The Morgan fingerprint density at radius 3 is 2.64 bits per heavy atom. The van der Waals surface area contributed by atoms with Gasteiger partial charge in [0.1, 0.15) is 0 Å². The van der Waals surface area contributed by atoms with E-state index in [9.17, 15) is 0 Å². The van der Waals surface area contributed by atoms with Crippen LogP contribution >= 0.6 is 39.0 Å². The van der Waals surface area contributed by atoms with Crippen molar-refractivity contribution in [2.75, 3.05) is 13.6 Å². The summed E-state index contributed by atoms with van der Waals surface area (Å²) >= 11 is 7.27. The molecule has 1 nitrogen and oxygen atoms in total. The predicted molar refractivity (Wildman–Crippen MR) is 70.4 cm³/mol. The van der Waals surface area contributed by atoms with E-state index in [2.05, 4.69) is 47.2 Å². The molecule has 0 radical (unpaired) electrons. The third kappa shape index (κ3) is 3.93. The van der Waals surface area contributed by atoms with Crippen molar-refractivity contribution < 1.29 is 0 Å². The summed E-state index contributed by atoms with van der Waals surface area (Å²) in [4.78, 5) is 0. The molecule has 14 heavy (non-hydrogen) atoms. The first-order chi connectivity index (χ1) is 6.63. The fourth-order valence-electron chi connectivity index (χ4n) is 1.12. The largest absolute Gasteiger partial charge is 0.319 e. The van der Waals surface area contributed by atoms with Crippen LogP contribution in [0.3, 0.4) is 0 Å². The summed E-state index contributed by atoms with van der Waals surface area (Å²) in [5.41, 5.74) is 0. The summed E-state index contributed by atoms with van der Waals surface area (Å²) in [5.74, 6) is 0.702. The van der Waals surface area contributed by atoms with E-state index in [0.717, 1.165) is 6.54 Å². The molecule has 1 rings (SSSR count). The van der Waals surface area contributed by atoms with Gasteiger partial charge in [0.05, 0.1) is 8.00 Å². The Balaban J connectivity index is 2.55. The van der Waals surface area contributed by atoms with Crippen molar-refractivity contribution in [3.63, 3.8) is 0 Å². The van der Waals surface area contributed by atoms with Crippen molar-refractivity contribution in [3.8, 4) is 0 Å². The van der Waals surface area contributed by atoms with E-state index in [-0.39, 0.29) is 0 Å². The fraction of sp³-hybridized carbons (Fsp3) is 0.600. The molecule has 0 aliphatic heterocycles. The lowest BCUT2D eigenvalue weighted by Crippen LogP contribution is -2.25. The monoisotopic (exact) mass is 293 g/mol. The molecule has 0 saturated heterocycles. The second kappa shape index (κ2) is 6.16. The van der Waals surface area contributed by atoms with Crippen LogP contribution in [0, 0.1) is 5.92 Å². The summed E-state index contributed by atoms with van der Waals surface area (Å²) in [6.45, 7) is 5.62. The Hall–Kier alpha value is 0.490. The molecule has 1 N–H and O–H groups in total. The van der Waals surface area contributed by atoms with E-state index < -0.39 is 0 Å². The van der Waals surface area contributed by atoms with Crippen molar-refractivity contribution in [2.24, 2.45) is 5.92 Å². The SMILES string of the molecule is CNCC(Sc1ccc(Br)s1)C(C)C. The molecule has 0 aliphatic rings. The minimum absolute atomic E-state index is 0.658. The summed E-state index contributed by atoms with van der Waals surface area (Å²) in [6.07, 6.45) is 0. The van der Waals surface area contributed by atoms with E-state index in [1.165, 1.54) is 8.00 Å². The van der Waals surface area contributed by atoms with Gasteiger partial charge in [0.25, 0.3) is 0 Å². The van der Waals surface area contributed by atoms with E-state index in [0.29, 0.717) is 11.2 Å². The molecule has 1 aromatic heterocycles. The Morgan fingerprint density at radius 1 is 1.50 bits per heavy atom. The molecule has 0 bridgehead atoms. The lowest BCUT2D eigenvalue weighted by Gasteiger charge is -2.18. The van der Waals surface area contributed by atoms with Gasteiger partial charge in [0.15, 0.2) is 0 Å². The van der Waals surface area contributed by atoms with Gasteiger partial charge in [-0.15, -0.1) is 23.1 Å². The lowest BCUT2D eigenvalue weighted by molar-refractivity contribution is 0.579. The zero-order valence-corrected chi connectivity index (χ0v) is 11.9. The van der Waals surface area contributed by atoms with Gasteiger partial charge in [0, 0.05) is 11.8 Å². The molecule has 4 heteroatoms. The molecule has 0 fully saturated rings. The summed E-state index contributed by atoms with van der Waals surface area (Å²) in [7, 11) is 2.01. The van der Waals surface area contributed by atoms with E-state index in [1.54, 1.807) is 0 Å². The van der Waals surface area contributed by atoms with Crippen LogP contribution in [0.4, 0.5) is 0 Å². The van der Waals surface area contributed by atoms with Gasteiger partial charge in [0.2, 0.25) is 0 Å². The number of hydrogen-bond acceptors (Lipinski definition) is 3. The maximum atomic E-state index is 3.49. The molecule has 1 aromatic rings. The summed E-state index contributed by atoms with van der Waals surface area (Å²) in [5, 5.41) is 3.91. The maximum Gasteiger partial charge on any atom is 0.0710 e. The lowest BCUT2D eigenvalue weighted by atomic mass is 10.1. The highest BCUT2D eigenvalue weighted by atomic mass is 79.9. The number of thiophene rings is 1. The zero-order chi connectivity index (χ0) is 10.6. The maximum absolute atomic E-state index is 3.49. The Kier molecular flexibility index (Phi) is 5.52. The minimum atomic E-state index is 0.658. The molecule has 0 spiro atoms. The molecule has 0 saturated carbocycles. The van der Waals surface area contributed by atoms with Gasteiger partial charge in [-0.2, -0.15) is 0 Å². The van der Waals surface area contributed by atoms with Gasteiger partial charge in [-0.25, -0.2) is 0 Å². The van der Waals surface area contributed by atoms with E-state index in [4.69, 9.17) is 0 Å². The molecule has 0 aromatic carbocycles. The highest BCUT2D eigenvalue weighted by molar-refractivity contribution is 9.11. The first-order valence-corrected chi connectivity index (χ1v) is 7.19. The third-order valence-corrected chi connectivity index (χ3v) is 5.30. The van der Waals surface area contributed by atoms with Crippen molar-refractivity contribution >= 4 is 39.0 Å². The second-order valence-electron chi connectivity index (χ2n) is 3.52. The number of halogens is 1. The predicted octanol–water partition coefficient (Wildman–Crippen LogP) is 3.85. The second-order valence-corrected chi connectivity index (χ2v) is 7.52. The van der Waals surface area contributed by atoms with Gasteiger partial charge >= 0.3 is 0 Å². The fourth-order valence-corrected chi connectivity index (χ4v) is 4.37. The molecule has 1 heterocycles. The van der Waals surface area contributed by atoms with Gasteiger partial charge < -0.3 is 5.32 Å². The van der Waals surface area contributed by atoms with Crippen molar-refractivity contribution in [1.82, 2.24) is 5.32 Å². The average Bonchev–Trinajstić information content (AvgIpc) is 2.50. The van der Waals surface area contributed by atoms with Crippen LogP contribution < -0.4 is 5.32 Å². The molecule has 80 valence electrons. The molecule has 0 aliphatic carbocycles. The number of rotatable bonds is 5. The van der Waals surface area contributed by atoms with Crippen LogP contribution in [-0.2, 0) is 0 Å². The van der Waals surface area contributed by atoms with Gasteiger partial charge in [-0.05, 0) is 41.0 Å². The molecule has 1 unspecified atom stereocenters. The normalized spacial score (nSPS) is 13.5. The van der Waals surface area contributed by atoms with Crippen LogP contribution in [0.25, 0.3) is 0 Å². The van der Waals surface area contributed by atoms with Crippen molar-refractivity contribution in [3.05, 3.63) is 15.9 Å². The molecular formula is C10H16BrNS2.